The maximum Gasteiger partial charge on any atom is 0.500 e. The van der Waals surface area contributed by atoms with E-state index in [2.05, 4.69) is 4.90 Å². The molecule has 2 atom stereocenters. The lowest BCUT2D eigenvalue weighted by Crippen LogP contribution is -2.47. The Hall–Kier alpha value is -0.0231. The zero-order valence-corrected chi connectivity index (χ0v) is 14.5. The molecule has 2 aliphatic heterocycles. The molecule has 21 heavy (non-hydrogen) atoms. The number of hydrogen-bond acceptors (Lipinski definition) is 6. The van der Waals surface area contributed by atoms with Crippen molar-refractivity contribution >= 4 is 8.80 Å². The van der Waals surface area contributed by atoms with Crippen LogP contribution in [0.3, 0.4) is 0 Å². The van der Waals surface area contributed by atoms with Crippen LogP contribution in [-0.4, -0.2) is 80.1 Å². The number of nitrogens with zero attached hydrogens (tertiary/aromatic N) is 1. The van der Waals surface area contributed by atoms with Crippen LogP contribution in [-0.2, 0) is 22.8 Å². The molecule has 0 aliphatic carbocycles. The summed E-state index contributed by atoms with van der Waals surface area (Å²) >= 11 is 0. The smallest absolute Gasteiger partial charge is 0.380 e. The summed E-state index contributed by atoms with van der Waals surface area (Å²) in [7, 11) is 2.57. The van der Waals surface area contributed by atoms with Gasteiger partial charge in [-0.1, -0.05) is 0 Å². The van der Waals surface area contributed by atoms with Crippen LogP contribution in [0.15, 0.2) is 0 Å². The van der Waals surface area contributed by atoms with Crippen LogP contribution in [0.4, 0.5) is 0 Å². The Labute approximate surface area is 129 Å². The molecule has 124 valence electrons. The van der Waals surface area contributed by atoms with Crippen molar-refractivity contribution in [2.24, 2.45) is 0 Å². The van der Waals surface area contributed by atoms with Crippen LogP contribution in [0.5, 0.6) is 0 Å². The van der Waals surface area contributed by atoms with E-state index in [4.69, 9.17) is 22.8 Å². The first-order chi connectivity index (χ1) is 10.2. The molecule has 2 fully saturated rings. The number of rotatable bonds is 9. The lowest BCUT2D eigenvalue weighted by molar-refractivity contribution is 0.0885. The third-order valence-electron chi connectivity index (χ3n) is 4.58. The molecule has 7 heteroatoms. The van der Waals surface area contributed by atoms with Crippen molar-refractivity contribution in [2.75, 3.05) is 54.3 Å². The first-order valence-electron chi connectivity index (χ1n) is 7.81. The quantitative estimate of drug-likeness (QED) is 0.594. The molecule has 2 rings (SSSR count). The fraction of sp³-hybridized carbons (Fsp3) is 1.00. The normalized spacial score (nSPS) is 26.9. The zero-order chi connectivity index (χ0) is 15.1. The van der Waals surface area contributed by atoms with E-state index >= 15 is 0 Å². The van der Waals surface area contributed by atoms with Crippen molar-refractivity contribution < 1.29 is 22.8 Å². The second-order valence-corrected chi connectivity index (χ2v) is 8.76. The van der Waals surface area contributed by atoms with Gasteiger partial charge in [0, 0.05) is 52.7 Å². The van der Waals surface area contributed by atoms with E-state index in [-0.39, 0.29) is 0 Å². The van der Waals surface area contributed by atoms with Gasteiger partial charge in [-0.2, -0.15) is 0 Å². The van der Waals surface area contributed by atoms with E-state index in [1.54, 1.807) is 21.3 Å². The van der Waals surface area contributed by atoms with Crippen LogP contribution in [0.2, 0.25) is 6.04 Å². The summed E-state index contributed by atoms with van der Waals surface area (Å²) in [4.78, 5) is 2.57. The largest absolute Gasteiger partial charge is 0.500 e. The molecule has 0 amide bonds. The van der Waals surface area contributed by atoms with Gasteiger partial charge in [0.15, 0.2) is 0 Å². The van der Waals surface area contributed by atoms with E-state index in [0.29, 0.717) is 12.1 Å². The van der Waals surface area contributed by atoms with E-state index < -0.39 is 8.80 Å². The Kier molecular flexibility index (Phi) is 7.07. The monoisotopic (exact) mass is 319 g/mol. The van der Waals surface area contributed by atoms with Crippen molar-refractivity contribution in [3.8, 4) is 0 Å². The molecule has 0 saturated carbocycles. The summed E-state index contributed by atoms with van der Waals surface area (Å²) in [6.07, 6.45) is 3.25. The van der Waals surface area contributed by atoms with Gasteiger partial charge in [0.05, 0.1) is 13.2 Å². The Morgan fingerprint density at radius 3 is 1.86 bits per heavy atom. The molecule has 0 aromatic heterocycles. The lowest BCUT2D eigenvalue weighted by atomic mass is 10.1. The fourth-order valence-electron chi connectivity index (χ4n) is 3.26. The number of ether oxygens (including phenoxy) is 2. The van der Waals surface area contributed by atoms with Gasteiger partial charge in [-0.3, -0.25) is 4.90 Å². The summed E-state index contributed by atoms with van der Waals surface area (Å²) in [5, 5.41) is 0. The predicted octanol–water partition coefficient (Wildman–Crippen LogP) is 1.13. The van der Waals surface area contributed by atoms with Gasteiger partial charge in [0.2, 0.25) is 0 Å². The minimum absolute atomic E-state index is 0.528. The third kappa shape index (κ3) is 4.48. The third-order valence-corrected chi connectivity index (χ3v) is 7.41. The van der Waals surface area contributed by atoms with Gasteiger partial charge in [0.25, 0.3) is 0 Å². The van der Waals surface area contributed by atoms with E-state index in [1.807, 2.05) is 0 Å². The van der Waals surface area contributed by atoms with Gasteiger partial charge in [-0.05, 0) is 25.8 Å². The molecule has 6 nitrogen and oxygen atoms in total. The van der Waals surface area contributed by atoms with Gasteiger partial charge in [-0.25, -0.2) is 0 Å². The van der Waals surface area contributed by atoms with Crippen LogP contribution >= 0.6 is 0 Å². The first-order valence-corrected chi connectivity index (χ1v) is 9.74. The second kappa shape index (κ2) is 8.57. The molecule has 0 spiro atoms. The fourth-order valence-corrected chi connectivity index (χ4v) is 4.97. The highest BCUT2D eigenvalue weighted by Gasteiger charge is 2.38. The Bertz CT molecular complexity index is 267. The van der Waals surface area contributed by atoms with Crippen molar-refractivity contribution in [2.45, 2.75) is 37.4 Å². The molecule has 2 heterocycles. The van der Waals surface area contributed by atoms with Crippen LogP contribution in [0, 0.1) is 0 Å². The molecule has 0 radical (unpaired) electrons. The second-order valence-electron chi connectivity index (χ2n) is 5.67. The number of hydrogen-bond donors (Lipinski definition) is 0. The summed E-state index contributed by atoms with van der Waals surface area (Å²) < 4.78 is 27.6. The Morgan fingerprint density at radius 1 is 0.952 bits per heavy atom. The van der Waals surface area contributed by atoms with E-state index in [1.165, 1.54) is 0 Å². The highest BCUT2D eigenvalue weighted by atomic mass is 28.4. The maximum absolute atomic E-state index is 5.56. The Balaban J connectivity index is 1.86. The molecular weight excluding hydrogens is 290 g/mol. The highest BCUT2D eigenvalue weighted by molar-refractivity contribution is 6.60. The summed E-state index contributed by atoms with van der Waals surface area (Å²) in [5.74, 6) is 0. The summed E-state index contributed by atoms with van der Waals surface area (Å²) in [6, 6.07) is 1.90. The minimum atomic E-state index is -2.45. The minimum Gasteiger partial charge on any atom is -0.380 e. The van der Waals surface area contributed by atoms with Gasteiger partial charge in [0.1, 0.15) is 0 Å². The molecular formula is C14H29NO5Si. The van der Waals surface area contributed by atoms with Gasteiger partial charge in [-0.15, -0.1) is 0 Å². The Morgan fingerprint density at radius 2 is 1.48 bits per heavy atom. The molecule has 0 aromatic carbocycles. The van der Waals surface area contributed by atoms with Gasteiger partial charge < -0.3 is 22.8 Å². The molecule has 2 aliphatic rings. The van der Waals surface area contributed by atoms with Crippen molar-refractivity contribution in [3.05, 3.63) is 0 Å². The SMILES string of the molecule is CO[Si](CCCN(C1CCOC1)C1CCOC1)(OC)OC. The lowest BCUT2D eigenvalue weighted by Gasteiger charge is -2.33. The molecule has 0 bridgehead atoms. The average molecular weight is 319 g/mol. The summed E-state index contributed by atoms with van der Waals surface area (Å²) in [5.41, 5.74) is 0. The van der Waals surface area contributed by atoms with Crippen LogP contribution < -0.4 is 0 Å². The molecule has 0 N–H and O–H groups in total. The molecule has 2 saturated heterocycles. The highest BCUT2D eigenvalue weighted by Crippen LogP contribution is 2.23. The van der Waals surface area contributed by atoms with E-state index in [0.717, 1.165) is 58.3 Å². The first kappa shape index (κ1) is 17.3. The summed E-state index contributed by atoms with van der Waals surface area (Å²) in [6.45, 7) is 4.46. The molecule has 0 aromatic rings. The van der Waals surface area contributed by atoms with Crippen molar-refractivity contribution in [3.63, 3.8) is 0 Å². The average Bonchev–Trinajstić information content (AvgIpc) is 3.22. The van der Waals surface area contributed by atoms with Crippen molar-refractivity contribution in [1.29, 1.82) is 0 Å². The van der Waals surface area contributed by atoms with E-state index in [9.17, 15) is 0 Å². The van der Waals surface area contributed by atoms with Crippen molar-refractivity contribution in [1.82, 2.24) is 4.90 Å². The molecule has 2 unspecified atom stereocenters. The van der Waals surface area contributed by atoms with Gasteiger partial charge >= 0.3 is 8.80 Å². The maximum atomic E-state index is 5.56. The van der Waals surface area contributed by atoms with Crippen LogP contribution in [0.25, 0.3) is 0 Å². The predicted molar refractivity (Wildman–Crippen MR) is 81.4 cm³/mol. The standard InChI is InChI=1S/C14H29NO5Si/c1-16-21(17-2,18-3)10-4-7-15(13-5-8-19-11-13)14-6-9-20-12-14/h13-14H,4-12H2,1-3H3. The zero-order valence-electron chi connectivity index (χ0n) is 13.5. The topological polar surface area (TPSA) is 49.4 Å². The van der Waals surface area contributed by atoms with Crippen LogP contribution in [0.1, 0.15) is 19.3 Å².